The molecule has 7 heteroatoms. The molecule has 1 amide bonds. The van der Waals surface area contributed by atoms with Crippen LogP contribution in [0.5, 0.6) is 0 Å². The van der Waals surface area contributed by atoms with Crippen LogP contribution in [0, 0.1) is 5.41 Å². The van der Waals surface area contributed by atoms with Crippen LogP contribution in [-0.2, 0) is 9.53 Å². The van der Waals surface area contributed by atoms with Crippen LogP contribution in [0.4, 0.5) is 4.79 Å². The second kappa shape index (κ2) is 7.11. The summed E-state index contributed by atoms with van der Waals surface area (Å²) in [5.41, 5.74) is -3.29. The highest BCUT2D eigenvalue weighted by Crippen LogP contribution is 2.46. The number of carbonyl (C=O) groups is 2. The Bertz CT molecular complexity index is 518. The zero-order valence-electron chi connectivity index (χ0n) is 15.9. The Morgan fingerprint density at radius 2 is 1.68 bits per heavy atom. The zero-order valence-corrected chi connectivity index (χ0v) is 15.9. The van der Waals surface area contributed by atoms with Crippen molar-refractivity contribution in [3.05, 3.63) is 0 Å². The predicted octanol–water partition coefficient (Wildman–Crippen LogP) is 1.94. The third kappa shape index (κ3) is 4.26. The number of rotatable bonds is 2. The molecule has 0 aromatic rings. The summed E-state index contributed by atoms with van der Waals surface area (Å²) in [5.74, 6) is -1.02. The molecular weight excluding hydrogens is 324 g/mol. The number of carboxylic acids is 1. The van der Waals surface area contributed by atoms with Crippen LogP contribution in [0.3, 0.4) is 0 Å². The van der Waals surface area contributed by atoms with E-state index in [1.54, 1.807) is 20.8 Å². The van der Waals surface area contributed by atoms with Gasteiger partial charge in [0.05, 0.1) is 5.60 Å². The van der Waals surface area contributed by atoms with Crippen molar-refractivity contribution in [2.45, 2.75) is 64.1 Å². The van der Waals surface area contributed by atoms with Gasteiger partial charge in [-0.25, -0.2) is 4.79 Å². The molecule has 0 aromatic carbocycles. The molecule has 144 valence electrons. The van der Waals surface area contributed by atoms with E-state index in [2.05, 4.69) is 4.90 Å². The average Bonchev–Trinajstić information content (AvgIpc) is 2.68. The van der Waals surface area contributed by atoms with Crippen molar-refractivity contribution in [2.24, 2.45) is 5.41 Å². The first kappa shape index (κ1) is 20.0. The number of nitrogens with zero attached hydrogens (tertiary/aromatic N) is 2. The summed E-state index contributed by atoms with van der Waals surface area (Å²) in [6, 6.07) is 0. The predicted molar refractivity (Wildman–Crippen MR) is 93.4 cm³/mol. The fourth-order valence-corrected chi connectivity index (χ4v) is 4.02. The Morgan fingerprint density at radius 1 is 1.04 bits per heavy atom. The van der Waals surface area contributed by atoms with Gasteiger partial charge in [0.1, 0.15) is 11.0 Å². The minimum absolute atomic E-state index is 0.00252. The number of hydrogen-bond acceptors (Lipinski definition) is 5. The molecule has 0 spiro atoms. The van der Waals surface area contributed by atoms with Crippen LogP contribution in [0.2, 0.25) is 0 Å². The van der Waals surface area contributed by atoms with E-state index in [9.17, 15) is 19.8 Å². The number of aliphatic hydroxyl groups is 1. The molecule has 2 N–H and O–H groups in total. The lowest BCUT2D eigenvalue weighted by atomic mass is 9.64. The summed E-state index contributed by atoms with van der Waals surface area (Å²) in [7, 11) is 1.98. The van der Waals surface area contributed by atoms with Gasteiger partial charge in [0, 0.05) is 19.6 Å². The van der Waals surface area contributed by atoms with Crippen molar-refractivity contribution in [2.75, 3.05) is 33.2 Å². The third-order valence-electron chi connectivity index (χ3n) is 5.48. The fraction of sp³-hybridized carbons (Fsp3) is 0.889. The topological polar surface area (TPSA) is 90.3 Å². The van der Waals surface area contributed by atoms with Crippen LogP contribution < -0.4 is 0 Å². The van der Waals surface area contributed by atoms with Gasteiger partial charge in [-0.2, -0.15) is 0 Å². The maximum Gasteiger partial charge on any atom is 0.410 e. The molecule has 0 aliphatic carbocycles. The van der Waals surface area contributed by atoms with E-state index in [0.717, 1.165) is 13.0 Å². The highest BCUT2D eigenvalue weighted by molar-refractivity contribution is 5.78. The molecule has 0 bridgehead atoms. The summed E-state index contributed by atoms with van der Waals surface area (Å²) >= 11 is 0. The lowest BCUT2D eigenvalue weighted by Gasteiger charge is -2.49. The molecule has 0 aromatic heterocycles. The van der Waals surface area contributed by atoms with Gasteiger partial charge in [0.15, 0.2) is 0 Å². The molecule has 2 rings (SSSR count). The van der Waals surface area contributed by atoms with E-state index in [0.29, 0.717) is 38.8 Å². The van der Waals surface area contributed by atoms with Crippen molar-refractivity contribution >= 4 is 12.1 Å². The minimum atomic E-state index is -1.34. The second-order valence-electron chi connectivity index (χ2n) is 8.58. The summed E-state index contributed by atoms with van der Waals surface area (Å²) in [6.45, 7) is 7.30. The van der Waals surface area contributed by atoms with Crippen molar-refractivity contribution in [3.8, 4) is 0 Å². The van der Waals surface area contributed by atoms with Gasteiger partial charge in [-0.05, 0) is 66.5 Å². The van der Waals surface area contributed by atoms with Gasteiger partial charge in [-0.3, -0.25) is 4.79 Å². The van der Waals surface area contributed by atoms with E-state index in [4.69, 9.17) is 4.74 Å². The zero-order chi connectivity index (χ0) is 18.9. The van der Waals surface area contributed by atoms with Gasteiger partial charge in [-0.15, -0.1) is 0 Å². The van der Waals surface area contributed by atoms with Crippen molar-refractivity contribution in [1.82, 2.24) is 9.80 Å². The SMILES string of the molecule is CN1CCCC(O)(C2(C(=O)O)CCCN(C(=O)OC(C)(C)C)C2)CC1. The second-order valence-corrected chi connectivity index (χ2v) is 8.58. The summed E-state index contributed by atoms with van der Waals surface area (Å²) in [4.78, 5) is 28.3. The lowest BCUT2D eigenvalue weighted by molar-refractivity contribution is -0.180. The normalized spacial score (nSPS) is 32.1. The standard InChI is InChI=1S/C18H32N2O5/c1-16(2,3)25-15(23)20-11-5-7-17(13-20,14(21)22)18(24)8-6-10-19(4)12-9-18/h24H,5-13H2,1-4H3,(H,21,22). The first-order valence-corrected chi connectivity index (χ1v) is 9.11. The third-order valence-corrected chi connectivity index (χ3v) is 5.48. The van der Waals surface area contributed by atoms with Gasteiger partial charge in [0.2, 0.25) is 0 Å². The van der Waals surface area contributed by atoms with Crippen LogP contribution in [0.25, 0.3) is 0 Å². The molecule has 2 aliphatic rings. The largest absolute Gasteiger partial charge is 0.481 e. The summed E-state index contributed by atoms with van der Waals surface area (Å²) in [6.07, 6.45) is 2.00. The number of likely N-dealkylation sites (tertiary alicyclic amines) is 2. The van der Waals surface area contributed by atoms with Crippen molar-refractivity contribution in [3.63, 3.8) is 0 Å². The number of carbonyl (C=O) groups excluding carboxylic acids is 1. The maximum atomic E-state index is 12.5. The van der Waals surface area contributed by atoms with E-state index in [-0.39, 0.29) is 6.54 Å². The van der Waals surface area contributed by atoms with Gasteiger partial charge < -0.3 is 24.7 Å². The van der Waals surface area contributed by atoms with Crippen molar-refractivity contribution < 1.29 is 24.5 Å². The van der Waals surface area contributed by atoms with Crippen LogP contribution in [0.1, 0.15) is 52.9 Å². The molecule has 0 saturated carbocycles. The number of ether oxygens (including phenoxy) is 1. The summed E-state index contributed by atoms with van der Waals surface area (Å²) < 4.78 is 5.42. The number of amides is 1. The van der Waals surface area contributed by atoms with E-state index >= 15 is 0 Å². The Balaban J connectivity index is 2.26. The van der Waals surface area contributed by atoms with E-state index < -0.39 is 28.7 Å². The number of hydrogen-bond donors (Lipinski definition) is 2. The summed E-state index contributed by atoms with van der Waals surface area (Å²) in [5, 5.41) is 21.4. The van der Waals surface area contributed by atoms with Crippen LogP contribution >= 0.6 is 0 Å². The molecule has 0 radical (unpaired) electrons. The minimum Gasteiger partial charge on any atom is -0.481 e. The van der Waals surface area contributed by atoms with Gasteiger partial charge in [0.25, 0.3) is 0 Å². The average molecular weight is 356 g/mol. The molecule has 2 heterocycles. The quantitative estimate of drug-likeness (QED) is 0.786. The highest BCUT2D eigenvalue weighted by Gasteiger charge is 2.58. The first-order valence-electron chi connectivity index (χ1n) is 9.11. The number of piperidine rings is 1. The molecule has 2 unspecified atom stereocenters. The molecule has 2 atom stereocenters. The number of carboxylic acid groups (broad SMARTS) is 1. The molecule has 25 heavy (non-hydrogen) atoms. The monoisotopic (exact) mass is 356 g/mol. The fourth-order valence-electron chi connectivity index (χ4n) is 4.02. The highest BCUT2D eigenvalue weighted by atomic mass is 16.6. The van der Waals surface area contributed by atoms with Crippen LogP contribution in [0.15, 0.2) is 0 Å². The Morgan fingerprint density at radius 3 is 2.28 bits per heavy atom. The van der Waals surface area contributed by atoms with Crippen molar-refractivity contribution in [1.29, 1.82) is 0 Å². The molecule has 2 fully saturated rings. The first-order chi connectivity index (χ1) is 11.5. The Labute approximate surface area is 149 Å². The molecule has 7 nitrogen and oxygen atoms in total. The van der Waals surface area contributed by atoms with Gasteiger partial charge >= 0.3 is 12.1 Å². The lowest BCUT2D eigenvalue weighted by Crippen LogP contribution is -2.62. The van der Waals surface area contributed by atoms with Crippen LogP contribution in [-0.4, -0.2) is 76.5 Å². The van der Waals surface area contributed by atoms with E-state index in [1.165, 1.54) is 4.90 Å². The number of aliphatic carboxylic acids is 1. The maximum absolute atomic E-state index is 12.5. The molecular formula is C18H32N2O5. The van der Waals surface area contributed by atoms with E-state index in [1.807, 2.05) is 7.05 Å². The molecule has 2 aliphatic heterocycles. The Kier molecular flexibility index (Phi) is 5.68. The molecule has 2 saturated heterocycles. The smallest absolute Gasteiger partial charge is 0.410 e. The Hall–Kier alpha value is -1.34. The van der Waals surface area contributed by atoms with Gasteiger partial charge in [-0.1, -0.05) is 0 Å².